The smallest absolute Gasteiger partial charge is 0.139 e. The van der Waals surface area contributed by atoms with Gasteiger partial charge in [0.15, 0.2) is 0 Å². The average Bonchev–Trinajstić information content (AvgIpc) is 3.06. The van der Waals surface area contributed by atoms with Crippen LogP contribution < -0.4 is 10.1 Å². The second-order valence-electron chi connectivity index (χ2n) is 6.02. The van der Waals surface area contributed by atoms with Crippen molar-refractivity contribution in [3.05, 3.63) is 36.4 Å². The van der Waals surface area contributed by atoms with Crippen molar-refractivity contribution in [2.24, 2.45) is 0 Å². The van der Waals surface area contributed by atoms with Crippen molar-refractivity contribution in [1.29, 1.82) is 0 Å². The molecule has 0 amide bonds. The van der Waals surface area contributed by atoms with Crippen LogP contribution in [0.5, 0.6) is 5.75 Å². The molecule has 0 saturated carbocycles. The lowest BCUT2D eigenvalue weighted by atomic mass is 9.97. The molecule has 0 aliphatic carbocycles. The van der Waals surface area contributed by atoms with Crippen LogP contribution in [-0.2, 0) is 5.54 Å². The fourth-order valence-electron chi connectivity index (χ4n) is 2.82. The highest BCUT2D eigenvalue weighted by Gasteiger charge is 2.31. The second-order valence-corrected chi connectivity index (χ2v) is 6.02. The van der Waals surface area contributed by atoms with E-state index in [1.54, 1.807) is 19.5 Å². The predicted molar refractivity (Wildman–Crippen MR) is 85.4 cm³/mol. The van der Waals surface area contributed by atoms with E-state index in [1.807, 2.05) is 16.9 Å². The molecule has 2 aromatic rings. The molecule has 0 spiro atoms. The minimum atomic E-state index is -0.0837. The lowest BCUT2D eigenvalue weighted by molar-refractivity contribution is 0.0985. The molecule has 3 heterocycles. The number of ether oxygens (including phenoxy) is 1. The number of rotatable bonds is 4. The van der Waals surface area contributed by atoms with Crippen LogP contribution in [0.3, 0.4) is 0 Å². The summed E-state index contributed by atoms with van der Waals surface area (Å²) in [5, 5.41) is 8.15. The monoisotopic (exact) mass is 301 g/mol. The summed E-state index contributed by atoms with van der Waals surface area (Å²) in [5.74, 6) is 0.732. The number of pyridine rings is 1. The molecule has 1 N–H and O–H groups in total. The molecule has 1 saturated heterocycles. The number of nitrogens with zero attached hydrogens (tertiary/aromatic N) is 4. The van der Waals surface area contributed by atoms with Crippen molar-refractivity contribution in [1.82, 2.24) is 25.0 Å². The lowest BCUT2D eigenvalue weighted by Crippen LogP contribution is -2.52. The Morgan fingerprint density at radius 1 is 1.23 bits per heavy atom. The maximum atomic E-state index is 5.23. The van der Waals surface area contributed by atoms with Gasteiger partial charge >= 0.3 is 0 Å². The first-order valence-corrected chi connectivity index (χ1v) is 7.62. The first-order chi connectivity index (χ1) is 10.6. The summed E-state index contributed by atoms with van der Waals surface area (Å²) >= 11 is 0. The standard InChI is InChI=1S/C16H23N5O/c1-16(2,20-8-5-17-6-9-20)15-4-7-21(19-15)13-10-14(22-3)12-18-11-13/h4,7,10-12,17H,5-6,8-9H2,1-3H3. The number of hydrogen-bond acceptors (Lipinski definition) is 5. The number of nitrogens with one attached hydrogen (secondary N) is 1. The fourth-order valence-corrected chi connectivity index (χ4v) is 2.82. The summed E-state index contributed by atoms with van der Waals surface area (Å²) in [7, 11) is 1.64. The van der Waals surface area contributed by atoms with Gasteiger partial charge in [0.05, 0.1) is 36.4 Å². The minimum absolute atomic E-state index is 0.0837. The molecule has 0 bridgehead atoms. The maximum absolute atomic E-state index is 5.23. The van der Waals surface area contributed by atoms with E-state index in [4.69, 9.17) is 9.84 Å². The molecule has 6 nitrogen and oxygen atoms in total. The van der Waals surface area contributed by atoms with Crippen LogP contribution in [0.15, 0.2) is 30.7 Å². The average molecular weight is 301 g/mol. The molecule has 6 heteroatoms. The number of aromatic nitrogens is 3. The minimum Gasteiger partial charge on any atom is -0.495 e. The van der Waals surface area contributed by atoms with E-state index in [2.05, 4.69) is 35.1 Å². The number of methoxy groups -OCH3 is 1. The van der Waals surface area contributed by atoms with E-state index < -0.39 is 0 Å². The van der Waals surface area contributed by atoms with Crippen molar-refractivity contribution < 1.29 is 4.74 Å². The van der Waals surface area contributed by atoms with Gasteiger partial charge in [0.25, 0.3) is 0 Å². The van der Waals surface area contributed by atoms with Gasteiger partial charge in [0, 0.05) is 38.4 Å². The zero-order valence-corrected chi connectivity index (χ0v) is 13.4. The maximum Gasteiger partial charge on any atom is 0.139 e. The fraction of sp³-hybridized carbons (Fsp3) is 0.500. The van der Waals surface area contributed by atoms with Crippen LogP contribution in [-0.4, -0.2) is 53.0 Å². The molecule has 1 fully saturated rings. The topological polar surface area (TPSA) is 55.2 Å². The van der Waals surface area contributed by atoms with E-state index in [1.165, 1.54) is 0 Å². The van der Waals surface area contributed by atoms with E-state index in [9.17, 15) is 0 Å². The Kier molecular flexibility index (Phi) is 4.13. The van der Waals surface area contributed by atoms with Crippen LogP contribution in [0.2, 0.25) is 0 Å². The summed E-state index contributed by atoms with van der Waals surface area (Å²) in [6.07, 6.45) is 5.46. The van der Waals surface area contributed by atoms with Crippen molar-refractivity contribution in [3.63, 3.8) is 0 Å². The molecular formula is C16H23N5O. The van der Waals surface area contributed by atoms with E-state index in [-0.39, 0.29) is 5.54 Å². The van der Waals surface area contributed by atoms with Crippen LogP contribution in [0.1, 0.15) is 19.5 Å². The van der Waals surface area contributed by atoms with Crippen molar-refractivity contribution >= 4 is 0 Å². The van der Waals surface area contributed by atoms with Gasteiger partial charge in [-0.05, 0) is 19.9 Å². The molecule has 2 aromatic heterocycles. The van der Waals surface area contributed by atoms with Crippen LogP contribution in [0, 0.1) is 0 Å². The van der Waals surface area contributed by atoms with Gasteiger partial charge in [0.1, 0.15) is 5.75 Å². The van der Waals surface area contributed by atoms with E-state index in [0.29, 0.717) is 0 Å². The quantitative estimate of drug-likeness (QED) is 0.925. The van der Waals surface area contributed by atoms with Gasteiger partial charge in [-0.2, -0.15) is 5.10 Å². The molecule has 3 rings (SSSR count). The third-order valence-corrected chi connectivity index (χ3v) is 4.32. The Balaban J connectivity index is 1.86. The number of piperazine rings is 1. The first kappa shape index (κ1) is 15.0. The predicted octanol–water partition coefficient (Wildman–Crippen LogP) is 1.42. The zero-order chi connectivity index (χ0) is 15.6. The normalized spacial score (nSPS) is 16.7. The highest BCUT2D eigenvalue weighted by Crippen LogP contribution is 2.27. The molecule has 22 heavy (non-hydrogen) atoms. The van der Waals surface area contributed by atoms with Crippen molar-refractivity contribution in [3.8, 4) is 11.4 Å². The summed E-state index contributed by atoms with van der Waals surface area (Å²) in [4.78, 5) is 6.66. The van der Waals surface area contributed by atoms with Gasteiger partial charge in [-0.25, -0.2) is 4.68 Å². The molecule has 1 aliphatic rings. The molecule has 1 aliphatic heterocycles. The first-order valence-electron chi connectivity index (χ1n) is 7.62. The summed E-state index contributed by atoms with van der Waals surface area (Å²) in [6.45, 7) is 8.61. The van der Waals surface area contributed by atoms with E-state index >= 15 is 0 Å². The van der Waals surface area contributed by atoms with Crippen molar-refractivity contribution in [2.75, 3.05) is 33.3 Å². The van der Waals surface area contributed by atoms with Gasteiger partial charge in [-0.3, -0.25) is 9.88 Å². The largest absolute Gasteiger partial charge is 0.495 e. The number of hydrogen-bond donors (Lipinski definition) is 1. The van der Waals surface area contributed by atoms with Crippen molar-refractivity contribution in [2.45, 2.75) is 19.4 Å². The summed E-state index contributed by atoms with van der Waals surface area (Å²) < 4.78 is 7.08. The Bertz CT molecular complexity index is 631. The third-order valence-electron chi connectivity index (χ3n) is 4.32. The van der Waals surface area contributed by atoms with Gasteiger partial charge in [-0.1, -0.05) is 0 Å². The molecule has 118 valence electrons. The van der Waals surface area contributed by atoms with Gasteiger partial charge in [0.2, 0.25) is 0 Å². The molecule has 0 unspecified atom stereocenters. The van der Waals surface area contributed by atoms with Crippen LogP contribution in [0.25, 0.3) is 5.69 Å². The Hall–Kier alpha value is -1.92. The molecule has 0 atom stereocenters. The Morgan fingerprint density at radius 2 is 2.00 bits per heavy atom. The van der Waals surface area contributed by atoms with E-state index in [0.717, 1.165) is 43.3 Å². The highest BCUT2D eigenvalue weighted by molar-refractivity contribution is 5.35. The second kappa shape index (κ2) is 6.06. The van der Waals surface area contributed by atoms with Crippen LogP contribution >= 0.6 is 0 Å². The van der Waals surface area contributed by atoms with Gasteiger partial charge < -0.3 is 10.1 Å². The summed E-state index contributed by atoms with van der Waals surface area (Å²) in [5.41, 5.74) is 1.89. The van der Waals surface area contributed by atoms with Crippen LogP contribution in [0.4, 0.5) is 0 Å². The lowest BCUT2D eigenvalue weighted by Gasteiger charge is -2.40. The molecule has 0 aromatic carbocycles. The third kappa shape index (κ3) is 2.84. The zero-order valence-electron chi connectivity index (χ0n) is 13.4. The Labute approximate surface area is 131 Å². The molecule has 0 radical (unpaired) electrons. The SMILES string of the molecule is COc1cncc(-n2ccc(C(C)(C)N3CCNCC3)n2)c1. The summed E-state index contributed by atoms with van der Waals surface area (Å²) in [6, 6.07) is 4.02. The van der Waals surface area contributed by atoms with Gasteiger partial charge in [-0.15, -0.1) is 0 Å². The highest BCUT2D eigenvalue weighted by atomic mass is 16.5. The molecular weight excluding hydrogens is 278 g/mol. The Morgan fingerprint density at radius 3 is 2.73 bits per heavy atom.